The molecule has 3 fully saturated rings. The van der Waals surface area contributed by atoms with Gasteiger partial charge in [-0.3, -0.25) is 38.9 Å². The topological polar surface area (TPSA) is 205 Å². The molecule has 3 amide bonds. The third-order valence-electron chi connectivity index (χ3n) is 12.0. The van der Waals surface area contributed by atoms with Gasteiger partial charge in [0.2, 0.25) is 19.7 Å². The zero-order valence-electron chi connectivity index (χ0n) is 44.6. The zero-order chi connectivity index (χ0) is 54.1. The number of carbonyl (C=O) groups is 4. The number of aromatic nitrogens is 2. The number of piperazine rings is 2. The summed E-state index contributed by atoms with van der Waals surface area (Å²) in [7, 11) is 5.18. The Morgan fingerprint density at radius 2 is 1.36 bits per heavy atom. The van der Waals surface area contributed by atoms with Crippen LogP contribution in [-0.2, 0) is 44.4 Å². The lowest BCUT2D eigenvalue weighted by atomic mass is 9.97. The van der Waals surface area contributed by atoms with Gasteiger partial charge >= 0.3 is 5.97 Å². The Labute approximate surface area is 446 Å². The van der Waals surface area contributed by atoms with Crippen molar-refractivity contribution in [3.05, 3.63) is 132 Å². The molecule has 402 valence electrons. The van der Waals surface area contributed by atoms with Crippen molar-refractivity contribution in [1.82, 2.24) is 45.9 Å². The Bertz CT molecular complexity index is 2240. The summed E-state index contributed by atoms with van der Waals surface area (Å²) >= 11 is 5.49. The van der Waals surface area contributed by atoms with Crippen LogP contribution in [0.2, 0.25) is 0 Å². The number of halogens is 1. The summed E-state index contributed by atoms with van der Waals surface area (Å²) in [4.78, 5) is 61.1. The number of nitrogens with zero attached hydrogens (tertiary/aromatic N) is 5. The number of ether oxygens (including phenoxy) is 1. The molecule has 6 atom stereocenters. The first-order chi connectivity index (χ1) is 35.2. The number of carboxylic acids is 1. The van der Waals surface area contributed by atoms with E-state index >= 15 is 0 Å². The van der Waals surface area contributed by atoms with E-state index in [1.54, 1.807) is 18.6 Å². The maximum absolute atomic E-state index is 13.3. The highest BCUT2D eigenvalue weighted by molar-refractivity contribution is 6.56. The van der Waals surface area contributed by atoms with E-state index in [9.17, 15) is 24.3 Å². The molecule has 16 nitrogen and oxygen atoms in total. The number of rotatable bonds is 18. The standard InChI is InChI=1S/C28H41N5O4.C12H16O.C10H18BN3O2.C6H6ClN/c1-28(2,3)31-27(37)25-20-32(18-22-10-7-11-29-16-22)12-13-33(25)19-24(34)15-23(30-17-26(35)36)14-21-8-5-4-6-9-21;1-10(8-12-9-13-12)7-11-5-3-2-4-6-11;1-10(2,3)13-8(15)7-6-14(9(11)16)5-4-12-7;7-4-6-2-1-3-8-5-6/h4-11,16,23-25,30,34H,12-15,17-20H2,1-3H3,(H,31,37)(H,35,36);2-6,10,12H,7-9H2,1H3;7,12H,4-6H2,1-3H3,(H,13,15);1-3,5H,4H2/t23?,24-,25-;10-,12+;7-;/m010./s1. The third-order valence-corrected chi connectivity index (χ3v) is 12.4. The molecule has 74 heavy (non-hydrogen) atoms. The van der Waals surface area contributed by atoms with Crippen LogP contribution in [0.25, 0.3) is 0 Å². The molecule has 0 saturated carbocycles. The van der Waals surface area contributed by atoms with E-state index in [2.05, 4.69) is 78.3 Å². The second-order valence-corrected chi connectivity index (χ2v) is 21.7. The van der Waals surface area contributed by atoms with E-state index in [-0.39, 0.29) is 41.5 Å². The van der Waals surface area contributed by atoms with E-state index < -0.39 is 23.9 Å². The molecule has 0 bridgehead atoms. The molecule has 3 saturated heterocycles. The Balaban J connectivity index is 0.000000259. The maximum atomic E-state index is 13.3. The Morgan fingerprint density at radius 1 is 0.797 bits per heavy atom. The van der Waals surface area contributed by atoms with Crippen LogP contribution in [-0.4, -0.2) is 167 Å². The van der Waals surface area contributed by atoms with E-state index in [1.165, 1.54) is 23.3 Å². The average Bonchev–Trinajstić information content (AvgIpc) is 4.18. The van der Waals surface area contributed by atoms with Gasteiger partial charge in [0, 0.05) is 100 Å². The van der Waals surface area contributed by atoms with Crippen molar-refractivity contribution in [2.45, 2.75) is 128 Å². The highest BCUT2D eigenvalue weighted by Crippen LogP contribution is 2.22. The fraction of sp³-hybridized carbons (Fsp3) is 0.536. The largest absolute Gasteiger partial charge is 0.480 e. The van der Waals surface area contributed by atoms with Crippen LogP contribution < -0.4 is 21.3 Å². The van der Waals surface area contributed by atoms with Gasteiger partial charge in [-0.1, -0.05) is 79.7 Å². The summed E-state index contributed by atoms with van der Waals surface area (Å²) in [6, 6.07) is 27.3. The van der Waals surface area contributed by atoms with Crippen LogP contribution >= 0.6 is 11.6 Å². The summed E-state index contributed by atoms with van der Waals surface area (Å²) in [6.07, 6.45) is 10.3. The zero-order valence-corrected chi connectivity index (χ0v) is 45.3. The summed E-state index contributed by atoms with van der Waals surface area (Å²) in [5.41, 5.74) is 4.04. The molecule has 2 aromatic heterocycles. The Kier molecular flexibility index (Phi) is 26.2. The van der Waals surface area contributed by atoms with Crippen LogP contribution in [0.15, 0.2) is 110 Å². The van der Waals surface area contributed by atoms with Gasteiger partial charge in [0.05, 0.1) is 25.4 Å². The van der Waals surface area contributed by atoms with Gasteiger partial charge in [0.15, 0.2) is 5.81 Å². The Hall–Kier alpha value is -5.27. The van der Waals surface area contributed by atoms with E-state index in [0.29, 0.717) is 70.6 Å². The van der Waals surface area contributed by atoms with Gasteiger partial charge in [-0.2, -0.15) is 0 Å². The van der Waals surface area contributed by atoms with Crippen molar-refractivity contribution in [2.24, 2.45) is 5.92 Å². The molecule has 5 heterocycles. The van der Waals surface area contributed by atoms with Crippen molar-refractivity contribution >= 4 is 43.0 Å². The molecule has 2 radical (unpaired) electrons. The van der Waals surface area contributed by atoms with Gasteiger partial charge in [0.1, 0.15) is 12.1 Å². The number of aliphatic hydroxyl groups is 1. The number of aliphatic hydroxyl groups excluding tert-OH is 1. The highest BCUT2D eigenvalue weighted by Gasteiger charge is 2.35. The molecule has 7 rings (SSSR count). The molecular formula is C56H81BClN9O7. The number of pyridine rings is 2. The molecule has 3 aliphatic heterocycles. The fourth-order valence-corrected chi connectivity index (χ4v) is 8.70. The number of amides is 3. The lowest BCUT2D eigenvalue weighted by Gasteiger charge is -2.42. The molecule has 3 aliphatic rings. The molecule has 0 spiro atoms. The average molecular weight is 1040 g/mol. The number of carboxylic acid groups (broad SMARTS) is 1. The number of β-amino-alcohol motifs (C(OH)–C–C–N with tert-alkyl or cyclic N) is 1. The third kappa shape index (κ3) is 25.8. The van der Waals surface area contributed by atoms with Crippen molar-refractivity contribution in [3.63, 3.8) is 0 Å². The number of hydrogen-bond acceptors (Lipinski definition) is 12. The normalized spacial score (nSPS) is 19.0. The molecule has 1 unspecified atom stereocenters. The minimum absolute atomic E-state index is 0.0552. The van der Waals surface area contributed by atoms with Gasteiger partial charge in [-0.25, -0.2) is 0 Å². The summed E-state index contributed by atoms with van der Waals surface area (Å²) in [5.74, 6) is -0.270. The SMILES string of the molecule is CC(C)(C)NC(=O)[C@@H]1CN(Cc2cccnc2)CCN1C[C@@H](O)CC(Cc1ccccc1)NCC(=O)O.C[C@H](Cc1ccccc1)C[C@H]1CO1.ClCc1cccnc1.[B]C(=O)N1CCN[C@H](C(=O)NC(C)(C)C)C1. The quantitative estimate of drug-likeness (QED) is 0.0417. The lowest BCUT2D eigenvalue weighted by molar-refractivity contribution is -0.136. The van der Waals surface area contributed by atoms with Crippen molar-refractivity contribution in [2.75, 3.05) is 59.0 Å². The maximum Gasteiger partial charge on any atom is 0.317 e. The summed E-state index contributed by atoms with van der Waals surface area (Å²) in [6.45, 7) is 19.2. The monoisotopic (exact) mass is 1040 g/mol. The van der Waals surface area contributed by atoms with E-state index in [0.717, 1.165) is 35.8 Å². The predicted octanol–water partition coefficient (Wildman–Crippen LogP) is 5.46. The van der Waals surface area contributed by atoms with Crippen LogP contribution in [0.5, 0.6) is 0 Å². The minimum Gasteiger partial charge on any atom is -0.480 e. The lowest BCUT2D eigenvalue weighted by Crippen LogP contribution is -2.62. The van der Waals surface area contributed by atoms with Gasteiger partial charge in [-0.15, -0.1) is 11.6 Å². The van der Waals surface area contributed by atoms with Gasteiger partial charge < -0.3 is 41.1 Å². The molecule has 6 N–H and O–H groups in total. The second-order valence-electron chi connectivity index (χ2n) is 21.4. The minimum atomic E-state index is -0.934. The number of benzene rings is 2. The van der Waals surface area contributed by atoms with Crippen molar-refractivity contribution in [1.29, 1.82) is 0 Å². The first-order valence-electron chi connectivity index (χ1n) is 25.7. The molecule has 0 aliphatic carbocycles. The van der Waals surface area contributed by atoms with E-state index in [1.807, 2.05) is 102 Å². The number of aliphatic carboxylic acids is 1. The predicted molar refractivity (Wildman–Crippen MR) is 293 cm³/mol. The first-order valence-corrected chi connectivity index (χ1v) is 26.2. The fourth-order valence-electron chi connectivity index (χ4n) is 8.55. The Morgan fingerprint density at radius 3 is 1.88 bits per heavy atom. The highest BCUT2D eigenvalue weighted by atomic mass is 35.5. The first kappa shape index (κ1) is 61.3. The van der Waals surface area contributed by atoms with E-state index in [4.69, 9.17) is 29.3 Å². The number of nitrogens with one attached hydrogen (secondary N) is 4. The van der Waals surface area contributed by atoms with Crippen molar-refractivity contribution in [3.8, 4) is 0 Å². The summed E-state index contributed by atoms with van der Waals surface area (Å²) in [5, 5.41) is 32.3. The molecular weight excluding hydrogens is 957 g/mol. The van der Waals surface area contributed by atoms with Crippen LogP contribution in [0.3, 0.4) is 0 Å². The number of carbonyl (C=O) groups excluding carboxylic acids is 3. The van der Waals surface area contributed by atoms with Crippen LogP contribution in [0, 0.1) is 5.92 Å². The van der Waals surface area contributed by atoms with Gasteiger partial charge in [0.25, 0.3) is 0 Å². The van der Waals surface area contributed by atoms with Crippen LogP contribution in [0.4, 0.5) is 4.79 Å². The number of hydrogen-bond donors (Lipinski definition) is 6. The number of alkyl halides is 1. The smallest absolute Gasteiger partial charge is 0.317 e. The van der Waals surface area contributed by atoms with Crippen LogP contribution in [0.1, 0.15) is 83.6 Å². The van der Waals surface area contributed by atoms with Gasteiger partial charge in [-0.05, 0) is 108 Å². The van der Waals surface area contributed by atoms with Crippen molar-refractivity contribution < 1.29 is 34.1 Å². The second kappa shape index (κ2) is 31.6. The molecule has 4 aromatic rings. The summed E-state index contributed by atoms with van der Waals surface area (Å²) < 4.78 is 5.22. The molecule has 18 heteroatoms. The number of epoxide rings is 1. The molecule has 2 aromatic carbocycles.